The normalized spacial score (nSPS) is 11.1. The van der Waals surface area contributed by atoms with Crippen molar-refractivity contribution in [1.29, 1.82) is 0 Å². The number of hydrogen-bond donors (Lipinski definition) is 1. The molecule has 1 N–H and O–H groups in total. The number of esters is 1. The molecule has 0 aliphatic carbocycles. The fraction of sp³-hybridized carbons (Fsp3) is 0.312. The molecule has 0 aromatic heterocycles. The number of carbonyl (C=O) groups excluding carboxylic acids is 1. The van der Waals surface area contributed by atoms with Crippen LogP contribution in [0.25, 0.3) is 0 Å². The van der Waals surface area contributed by atoms with E-state index in [1.165, 1.54) is 0 Å². The molecule has 0 radical (unpaired) electrons. The molecule has 3 heteroatoms. The van der Waals surface area contributed by atoms with Crippen LogP contribution >= 0.6 is 0 Å². The average Bonchev–Trinajstić information content (AvgIpc) is 2.48. The molecular weight excluding hydrogens is 240 g/mol. The number of aliphatic hydroxyl groups excluding tert-OH is 1. The Morgan fingerprint density at radius 2 is 2.05 bits per heavy atom. The molecule has 3 nitrogen and oxygen atoms in total. The Morgan fingerprint density at radius 1 is 1.42 bits per heavy atom. The van der Waals surface area contributed by atoms with Crippen molar-refractivity contribution in [2.75, 3.05) is 13.7 Å². The minimum absolute atomic E-state index is 0.0160. The molecule has 1 atom stereocenters. The molecule has 0 fully saturated rings. The van der Waals surface area contributed by atoms with Gasteiger partial charge in [-0.1, -0.05) is 55.3 Å². The summed E-state index contributed by atoms with van der Waals surface area (Å²) in [5, 5.41) is 7.00. The highest BCUT2D eigenvalue weighted by Gasteiger charge is 2.18. The molecule has 0 spiro atoms. The molecule has 1 aromatic rings. The Balaban J connectivity index is 0.00000154. The van der Waals surface area contributed by atoms with Crippen LogP contribution in [0, 0.1) is 12.3 Å². The molecule has 0 saturated carbocycles. The maximum atomic E-state index is 11.8. The maximum Gasteiger partial charge on any atom is 0.318 e. The largest absolute Gasteiger partial charge is 0.452 e. The van der Waals surface area contributed by atoms with Crippen molar-refractivity contribution in [2.24, 2.45) is 0 Å². The van der Waals surface area contributed by atoms with Gasteiger partial charge in [-0.15, -0.1) is 6.42 Å². The second kappa shape index (κ2) is 11.1. The van der Waals surface area contributed by atoms with Gasteiger partial charge in [0.15, 0.2) is 6.61 Å². The zero-order valence-corrected chi connectivity index (χ0v) is 11.4. The SMILES string of the molecule is C#CCOC(=O)C(C=CCC)c1ccccc1.CO. The van der Waals surface area contributed by atoms with E-state index in [4.69, 9.17) is 16.3 Å². The maximum absolute atomic E-state index is 11.8. The van der Waals surface area contributed by atoms with Crippen LogP contribution in [0.3, 0.4) is 0 Å². The molecule has 19 heavy (non-hydrogen) atoms. The fourth-order valence-corrected chi connectivity index (χ4v) is 1.46. The van der Waals surface area contributed by atoms with Crippen molar-refractivity contribution in [3.8, 4) is 12.3 Å². The molecule has 0 saturated heterocycles. The Bertz CT molecular complexity index is 415. The molecule has 0 aliphatic heterocycles. The van der Waals surface area contributed by atoms with Crippen LogP contribution in [-0.2, 0) is 9.53 Å². The summed E-state index contributed by atoms with van der Waals surface area (Å²) in [6, 6.07) is 9.52. The molecule has 1 aromatic carbocycles. The van der Waals surface area contributed by atoms with E-state index in [1.807, 2.05) is 49.4 Å². The quantitative estimate of drug-likeness (QED) is 0.503. The van der Waals surface area contributed by atoms with Crippen molar-refractivity contribution in [2.45, 2.75) is 19.3 Å². The lowest BCUT2D eigenvalue weighted by Gasteiger charge is -2.11. The van der Waals surface area contributed by atoms with Crippen LogP contribution in [-0.4, -0.2) is 24.8 Å². The van der Waals surface area contributed by atoms with Gasteiger partial charge in [-0.3, -0.25) is 4.79 Å². The van der Waals surface area contributed by atoms with E-state index in [9.17, 15) is 4.79 Å². The first-order valence-electron chi connectivity index (χ1n) is 6.06. The third kappa shape index (κ3) is 6.44. The first-order chi connectivity index (χ1) is 9.29. The van der Waals surface area contributed by atoms with Crippen LogP contribution in [0.1, 0.15) is 24.8 Å². The summed E-state index contributed by atoms with van der Waals surface area (Å²) >= 11 is 0. The molecule has 0 heterocycles. The molecule has 0 aliphatic rings. The highest BCUT2D eigenvalue weighted by atomic mass is 16.5. The van der Waals surface area contributed by atoms with Crippen LogP contribution in [0.15, 0.2) is 42.5 Å². The highest BCUT2D eigenvalue weighted by Crippen LogP contribution is 2.19. The van der Waals surface area contributed by atoms with E-state index >= 15 is 0 Å². The second-order valence-corrected chi connectivity index (χ2v) is 3.54. The molecule has 1 rings (SSSR count). The topological polar surface area (TPSA) is 46.5 Å². The van der Waals surface area contributed by atoms with Crippen molar-refractivity contribution in [3.63, 3.8) is 0 Å². The third-order valence-electron chi connectivity index (χ3n) is 2.27. The second-order valence-electron chi connectivity index (χ2n) is 3.54. The number of aliphatic hydroxyl groups is 1. The Morgan fingerprint density at radius 3 is 2.58 bits per heavy atom. The number of rotatable bonds is 5. The predicted molar refractivity (Wildman–Crippen MR) is 76.5 cm³/mol. The lowest BCUT2D eigenvalue weighted by molar-refractivity contribution is -0.142. The average molecular weight is 260 g/mol. The Labute approximate surface area is 114 Å². The zero-order valence-electron chi connectivity index (χ0n) is 11.4. The third-order valence-corrected chi connectivity index (χ3v) is 2.27. The summed E-state index contributed by atoms with van der Waals surface area (Å²) in [6.45, 7) is 2.04. The Kier molecular flexibility index (Phi) is 9.87. The van der Waals surface area contributed by atoms with Crippen LogP contribution < -0.4 is 0 Å². The van der Waals surface area contributed by atoms with Gasteiger partial charge in [-0.2, -0.15) is 0 Å². The summed E-state index contributed by atoms with van der Waals surface area (Å²) in [5.41, 5.74) is 0.916. The summed E-state index contributed by atoms with van der Waals surface area (Å²) < 4.78 is 4.98. The summed E-state index contributed by atoms with van der Waals surface area (Å²) in [5.74, 6) is 1.62. The number of carbonyl (C=O) groups is 1. The van der Waals surface area contributed by atoms with Gasteiger partial charge >= 0.3 is 5.97 Å². The van der Waals surface area contributed by atoms with Crippen molar-refractivity contribution in [3.05, 3.63) is 48.0 Å². The van der Waals surface area contributed by atoms with E-state index in [-0.39, 0.29) is 18.5 Å². The monoisotopic (exact) mass is 260 g/mol. The van der Waals surface area contributed by atoms with Crippen molar-refractivity contribution >= 4 is 5.97 Å². The summed E-state index contributed by atoms with van der Waals surface area (Å²) in [4.78, 5) is 11.8. The van der Waals surface area contributed by atoms with Gasteiger partial charge in [0.1, 0.15) is 0 Å². The Hall–Kier alpha value is -2.05. The molecule has 0 amide bonds. The van der Waals surface area contributed by atoms with Crippen LogP contribution in [0.4, 0.5) is 0 Å². The van der Waals surface area contributed by atoms with E-state index in [2.05, 4.69) is 5.92 Å². The van der Waals surface area contributed by atoms with E-state index in [0.717, 1.165) is 19.1 Å². The van der Waals surface area contributed by atoms with Crippen LogP contribution in [0.5, 0.6) is 0 Å². The first-order valence-corrected chi connectivity index (χ1v) is 6.06. The number of hydrogen-bond acceptors (Lipinski definition) is 3. The van der Waals surface area contributed by atoms with E-state index in [0.29, 0.717) is 0 Å². The van der Waals surface area contributed by atoms with Crippen molar-refractivity contribution < 1.29 is 14.6 Å². The summed E-state index contributed by atoms with van der Waals surface area (Å²) in [6.07, 6.45) is 9.76. The van der Waals surface area contributed by atoms with Gasteiger partial charge < -0.3 is 9.84 Å². The number of terminal acetylenes is 1. The lowest BCUT2D eigenvalue weighted by atomic mass is 9.98. The smallest absolute Gasteiger partial charge is 0.318 e. The fourth-order valence-electron chi connectivity index (χ4n) is 1.46. The minimum Gasteiger partial charge on any atom is -0.452 e. The van der Waals surface area contributed by atoms with Gasteiger partial charge in [-0.05, 0) is 12.0 Å². The van der Waals surface area contributed by atoms with Gasteiger partial charge in [0.05, 0.1) is 5.92 Å². The first kappa shape index (κ1) is 16.9. The number of ether oxygens (including phenoxy) is 1. The number of benzene rings is 1. The molecule has 102 valence electrons. The van der Waals surface area contributed by atoms with Crippen molar-refractivity contribution in [1.82, 2.24) is 0 Å². The van der Waals surface area contributed by atoms with Gasteiger partial charge in [0.2, 0.25) is 0 Å². The summed E-state index contributed by atoms with van der Waals surface area (Å²) in [7, 11) is 1.00. The lowest BCUT2D eigenvalue weighted by Crippen LogP contribution is -2.14. The van der Waals surface area contributed by atoms with E-state index in [1.54, 1.807) is 0 Å². The molecule has 0 bridgehead atoms. The molecule has 1 unspecified atom stereocenters. The standard InChI is InChI=1S/C15H16O2.CH4O/c1-3-5-11-14(15(16)17-12-4-2)13-9-7-6-8-10-13;1-2/h2,5-11,14H,3,12H2,1H3;2H,1H3. The van der Waals surface area contributed by atoms with Gasteiger partial charge in [0.25, 0.3) is 0 Å². The zero-order chi connectivity index (χ0) is 14.5. The van der Waals surface area contributed by atoms with E-state index < -0.39 is 0 Å². The van der Waals surface area contributed by atoms with Crippen LogP contribution in [0.2, 0.25) is 0 Å². The predicted octanol–water partition coefficient (Wildman–Crippen LogP) is 2.52. The minimum atomic E-state index is -0.371. The molecular formula is C16H20O3. The van der Waals surface area contributed by atoms with Gasteiger partial charge in [0, 0.05) is 7.11 Å². The highest BCUT2D eigenvalue weighted by molar-refractivity contribution is 5.80. The number of allylic oxidation sites excluding steroid dienone is 1. The van der Waals surface area contributed by atoms with Gasteiger partial charge in [-0.25, -0.2) is 0 Å².